The van der Waals surface area contributed by atoms with Crippen molar-refractivity contribution in [3.8, 4) is 0 Å². The zero-order valence-corrected chi connectivity index (χ0v) is 18.3. The lowest BCUT2D eigenvalue weighted by molar-refractivity contribution is -0.143. The van der Waals surface area contributed by atoms with Crippen LogP contribution in [0.15, 0.2) is 46.9 Å². The number of carbonyl (C=O) groups excluding carboxylic acids is 2. The molecule has 1 aliphatic carbocycles. The Balaban J connectivity index is 1.44. The van der Waals surface area contributed by atoms with Crippen LogP contribution in [0.1, 0.15) is 42.8 Å². The summed E-state index contributed by atoms with van der Waals surface area (Å²) in [6.07, 6.45) is 4.63. The first kappa shape index (κ1) is 21.6. The number of carbonyl (C=O) groups is 2. The maximum Gasteiger partial charge on any atom is 0.242 e. The molecule has 31 heavy (non-hydrogen) atoms. The zero-order valence-electron chi connectivity index (χ0n) is 18.3. The Hall–Kier alpha value is -2.60. The summed E-state index contributed by atoms with van der Waals surface area (Å²) >= 11 is 0. The minimum absolute atomic E-state index is 0.0426. The van der Waals surface area contributed by atoms with E-state index in [1.54, 1.807) is 4.90 Å². The van der Waals surface area contributed by atoms with Crippen molar-refractivity contribution in [3.63, 3.8) is 0 Å². The van der Waals surface area contributed by atoms with Gasteiger partial charge in [0, 0.05) is 25.6 Å². The second-order valence-electron chi connectivity index (χ2n) is 8.69. The highest BCUT2D eigenvalue weighted by atomic mass is 16.5. The van der Waals surface area contributed by atoms with E-state index in [9.17, 15) is 9.59 Å². The van der Waals surface area contributed by atoms with Crippen molar-refractivity contribution in [3.05, 3.63) is 59.5 Å². The molecule has 0 bridgehead atoms. The van der Waals surface area contributed by atoms with Crippen molar-refractivity contribution in [2.75, 3.05) is 26.2 Å². The molecule has 2 aliphatic rings. The Morgan fingerprint density at radius 3 is 2.48 bits per heavy atom. The van der Waals surface area contributed by atoms with E-state index in [1.807, 2.05) is 42.2 Å². The van der Waals surface area contributed by atoms with Crippen LogP contribution in [0.25, 0.3) is 0 Å². The van der Waals surface area contributed by atoms with E-state index in [-0.39, 0.29) is 30.4 Å². The van der Waals surface area contributed by atoms with Gasteiger partial charge in [0.25, 0.3) is 0 Å². The SMILES string of the molecule is Cc1ccc(CN(CCc2ccccc2)C(=O)CN(CC2CCCO2)C(=O)C2CC2)o1. The molecular weight excluding hydrogens is 392 g/mol. The van der Waals surface area contributed by atoms with Crippen molar-refractivity contribution in [2.45, 2.75) is 51.7 Å². The normalized spacial score (nSPS) is 18.2. The number of nitrogens with zero attached hydrogens (tertiary/aromatic N) is 2. The fourth-order valence-corrected chi connectivity index (χ4v) is 4.08. The summed E-state index contributed by atoms with van der Waals surface area (Å²) in [4.78, 5) is 29.8. The molecule has 2 amide bonds. The molecule has 2 aromatic rings. The summed E-state index contributed by atoms with van der Waals surface area (Å²) in [6, 6.07) is 14.0. The Bertz CT molecular complexity index is 869. The summed E-state index contributed by atoms with van der Waals surface area (Å²) < 4.78 is 11.5. The third kappa shape index (κ3) is 6.20. The molecule has 0 N–H and O–H groups in total. The summed E-state index contributed by atoms with van der Waals surface area (Å²) in [5.74, 6) is 1.73. The minimum Gasteiger partial charge on any atom is -0.464 e. The maximum absolute atomic E-state index is 13.4. The Morgan fingerprint density at radius 2 is 1.84 bits per heavy atom. The van der Waals surface area contributed by atoms with Gasteiger partial charge in [0.2, 0.25) is 11.8 Å². The van der Waals surface area contributed by atoms with Gasteiger partial charge in [0.05, 0.1) is 19.2 Å². The summed E-state index contributed by atoms with van der Waals surface area (Å²) in [5.41, 5.74) is 1.18. The van der Waals surface area contributed by atoms with Crippen molar-refractivity contribution < 1.29 is 18.7 Å². The first-order valence-electron chi connectivity index (χ1n) is 11.4. The number of aryl methyl sites for hydroxylation is 1. The fraction of sp³-hybridized carbons (Fsp3) is 0.520. The quantitative estimate of drug-likeness (QED) is 0.585. The van der Waals surface area contributed by atoms with E-state index in [4.69, 9.17) is 9.15 Å². The lowest BCUT2D eigenvalue weighted by atomic mass is 10.1. The molecular formula is C25H32N2O4. The molecule has 4 rings (SSSR count). The molecule has 6 nitrogen and oxygen atoms in total. The van der Waals surface area contributed by atoms with E-state index in [1.165, 1.54) is 5.56 Å². The highest BCUT2D eigenvalue weighted by Gasteiger charge is 2.36. The lowest BCUT2D eigenvalue weighted by Crippen LogP contribution is -2.46. The molecule has 1 aliphatic heterocycles. The van der Waals surface area contributed by atoms with Crippen LogP contribution in [0.4, 0.5) is 0 Å². The van der Waals surface area contributed by atoms with Crippen LogP contribution < -0.4 is 0 Å². The smallest absolute Gasteiger partial charge is 0.242 e. The third-order valence-corrected chi connectivity index (χ3v) is 6.02. The molecule has 1 saturated heterocycles. The van der Waals surface area contributed by atoms with Crippen molar-refractivity contribution in [1.29, 1.82) is 0 Å². The average Bonchev–Trinajstić information content (AvgIpc) is 3.35. The molecule has 1 saturated carbocycles. The van der Waals surface area contributed by atoms with E-state index in [0.29, 0.717) is 19.6 Å². The Kier molecular flexibility index (Phi) is 7.07. The second kappa shape index (κ2) is 10.1. The summed E-state index contributed by atoms with van der Waals surface area (Å²) in [6.45, 7) is 4.23. The molecule has 2 heterocycles. The Labute approximate surface area is 184 Å². The van der Waals surface area contributed by atoms with Gasteiger partial charge >= 0.3 is 0 Å². The monoisotopic (exact) mass is 424 g/mol. The van der Waals surface area contributed by atoms with Gasteiger partial charge in [0.1, 0.15) is 11.5 Å². The fourth-order valence-electron chi connectivity index (χ4n) is 4.08. The van der Waals surface area contributed by atoms with Crippen molar-refractivity contribution >= 4 is 11.8 Å². The molecule has 1 unspecified atom stereocenters. The number of benzene rings is 1. The van der Waals surface area contributed by atoms with Crippen LogP contribution >= 0.6 is 0 Å². The molecule has 0 spiro atoms. The number of hydrogen-bond donors (Lipinski definition) is 0. The van der Waals surface area contributed by atoms with E-state index < -0.39 is 0 Å². The van der Waals surface area contributed by atoms with Crippen LogP contribution in [0.3, 0.4) is 0 Å². The molecule has 1 atom stereocenters. The highest BCUT2D eigenvalue weighted by molar-refractivity contribution is 5.87. The molecule has 1 aromatic carbocycles. The molecule has 166 valence electrons. The van der Waals surface area contributed by atoms with Gasteiger partial charge in [-0.2, -0.15) is 0 Å². The number of ether oxygens (including phenoxy) is 1. The highest BCUT2D eigenvalue weighted by Crippen LogP contribution is 2.31. The predicted octanol–water partition coefficient (Wildman–Crippen LogP) is 3.58. The molecule has 0 radical (unpaired) electrons. The van der Waals surface area contributed by atoms with Gasteiger partial charge in [-0.25, -0.2) is 0 Å². The minimum atomic E-state index is -0.0445. The van der Waals surface area contributed by atoms with Gasteiger partial charge in [-0.15, -0.1) is 0 Å². The van der Waals surface area contributed by atoms with Crippen LogP contribution in [0.2, 0.25) is 0 Å². The first-order chi connectivity index (χ1) is 15.1. The molecule has 6 heteroatoms. The van der Waals surface area contributed by atoms with E-state index >= 15 is 0 Å². The number of amides is 2. The van der Waals surface area contributed by atoms with Gasteiger partial charge < -0.3 is 19.0 Å². The average molecular weight is 425 g/mol. The maximum atomic E-state index is 13.4. The topological polar surface area (TPSA) is 63.0 Å². The van der Waals surface area contributed by atoms with Crippen LogP contribution in [-0.4, -0.2) is 54.0 Å². The van der Waals surface area contributed by atoms with Crippen LogP contribution in [0, 0.1) is 12.8 Å². The van der Waals surface area contributed by atoms with Crippen molar-refractivity contribution in [1.82, 2.24) is 9.80 Å². The zero-order chi connectivity index (χ0) is 21.6. The van der Waals surface area contributed by atoms with Gasteiger partial charge in [0.15, 0.2) is 0 Å². The third-order valence-electron chi connectivity index (χ3n) is 6.02. The van der Waals surface area contributed by atoms with Gasteiger partial charge in [-0.1, -0.05) is 30.3 Å². The van der Waals surface area contributed by atoms with E-state index in [0.717, 1.165) is 50.2 Å². The second-order valence-corrected chi connectivity index (χ2v) is 8.69. The number of hydrogen-bond acceptors (Lipinski definition) is 4. The predicted molar refractivity (Wildman–Crippen MR) is 117 cm³/mol. The Morgan fingerprint density at radius 1 is 1.03 bits per heavy atom. The summed E-state index contributed by atoms with van der Waals surface area (Å²) in [7, 11) is 0. The van der Waals surface area contributed by atoms with Crippen molar-refractivity contribution in [2.24, 2.45) is 5.92 Å². The standard InChI is InChI=1S/C25H32N2O4/c1-19-9-12-23(31-19)17-26(14-13-20-6-3-2-4-7-20)24(28)18-27(25(29)21-10-11-21)16-22-8-5-15-30-22/h2-4,6-7,9,12,21-22H,5,8,10-11,13-18H2,1H3. The van der Waals surface area contributed by atoms with Gasteiger partial charge in [-0.3, -0.25) is 9.59 Å². The van der Waals surface area contributed by atoms with Crippen LogP contribution in [-0.2, 0) is 27.3 Å². The largest absolute Gasteiger partial charge is 0.464 e. The van der Waals surface area contributed by atoms with Gasteiger partial charge in [-0.05, 0) is 56.7 Å². The molecule has 1 aromatic heterocycles. The number of rotatable bonds is 10. The summed E-state index contributed by atoms with van der Waals surface area (Å²) in [5, 5.41) is 0. The lowest BCUT2D eigenvalue weighted by Gasteiger charge is -2.29. The first-order valence-corrected chi connectivity index (χ1v) is 11.4. The van der Waals surface area contributed by atoms with Crippen LogP contribution in [0.5, 0.6) is 0 Å². The van der Waals surface area contributed by atoms with E-state index in [2.05, 4.69) is 12.1 Å². The molecule has 2 fully saturated rings. The number of furan rings is 1.